The van der Waals surface area contributed by atoms with Crippen molar-refractivity contribution in [3.63, 3.8) is 0 Å². The Hall–Kier alpha value is -0.370. The van der Waals surface area contributed by atoms with Gasteiger partial charge in [-0.15, -0.1) is 0 Å². The number of hydrogen-bond donors (Lipinski definition) is 1. The second-order valence-corrected chi connectivity index (χ2v) is 5.98. The van der Waals surface area contributed by atoms with Crippen LogP contribution in [0.2, 0.25) is 0 Å². The van der Waals surface area contributed by atoms with Crippen LogP contribution in [0.15, 0.2) is 0 Å². The van der Waals surface area contributed by atoms with Crippen molar-refractivity contribution >= 4 is 0 Å². The summed E-state index contributed by atoms with van der Waals surface area (Å²) in [5.74, 6) is 0. The van der Waals surface area contributed by atoms with Gasteiger partial charge in [-0.05, 0) is 20.3 Å². The lowest BCUT2D eigenvalue weighted by Crippen LogP contribution is -2.55. The van der Waals surface area contributed by atoms with Gasteiger partial charge in [0.1, 0.15) is 0 Å². The summed E-state index contributed by atoms with van der Waals surface area (Å²) in [6.07, 6.45) is -3.34. The molecule has 1 aliphatic rings. The lowest BCUT2D eigenvalue weighted by atomic mass is 9.97. The van der Waals surface area contributed by atoms with Crippen molar-refractivity contribution in [2.75, 3.05) is 46.4 Å². The number of ether oxygens (including phenoxy) is 1. The van der Waals surface area contributed by atoms with Crippen LogP contribution in [-0.2, 0) is 4.74 Å². The van der Waals surface area contributed by atoms with Crippen molar-refractivity contribution in [2.24, 2.45) is 5.73 Å². The molecule has 0 saturated carbocycles. The zero-order valence-corrected chi connectivity index (χ0v) is 12.5. The van der Waals surface area contributed by atoms with Crippen LogP contribution in [0, 0.1) is 0 Å². The van der Waals surface area contributed by atoms with Crippen LogP contribution in [-0.4, -0.2) is 74.0 Å². The van der Waals surface area contributed by atoms with E-state index in [1.807, 2.05) is 13.8 Å². The Labute approximate surface area is 119 Å². The molecule has 4 nitrogen and oxygen atoms in total. The van der Waals surface area contributed by atoms with Gasteiger partial charge in [0.2, 0.25) is 0 Å². The van der Waals surface area contributed by atoms with Crippen LogP contribution in [0.5, 0.6) is 0 Å². The van der Waals surface area contributed by atoms with E-state index in [1.165, 1.54) is 4.90 Å². The summed E-state index contributed by atoms with van der Waals surface area (Å²) in [6.45, 7) is 5.78. The Balaban J connectivity index is 2.46. The SMILES string of the molecule is COC(C)(C)CC(CN)N1CCN(CC(F)(F)F)CC1. The van der Waals surface area contributed by atoms with Gasteiger partial charge in [-0.2, -0.15) is 13.2 Å². The molecule has 1 saturated heterocycles. The molecule has 1 rings (SSSR count). The van der Waals surface area contributed by atoms with Gasteiger partial charge in [-0.1, -0.05) is 0 Å². The van der Waals surface area contributed by atoms with Crippen molar-refractivity contribution < 1.29 is 17.9 Å². The fraction of sp³-hybridized carbons (Fsp3) is 1.00. The average Bonchev–Trinajstić information content (AvgIpc) is 2.35. The number of piperazine rings is 1. The smallest absolute Gasteiger partial charge is 0.379 e. The van der Waals surface area contributed by atoms with Crippen molar-refractivity contribution in [3.8, 4) is 0 Å². The first-order chi connectivity index (χ1) is 9.17. The van der Waals surface area contributed by atoms with Gasteiger partial charge in [0.15, 0.2) is 0 Å². The van der Waals surface area contributed by atoms with Gasteiger partial charge in [0, 0.05) is 45.9 Å². The number of rotatable bonds is 6. The first kappa shape index (κ1) is 17.7. The normalized spacial score (nSPS) is 21.1. The average molecular weight is 297 g/mol. The molecule has 2 N–H and O–H groups in total. The zero-order valence-electron chi connectivity index (χ0n) is 12.5. The van der Waals surface area contributed by atoms with Gasteiger partial charge in [0.25, 0.3) is 0 Å². The molecular weight excluding hydrogens is 271 g/mol. The van der Waals surface area contributed by atoms with Crippen LogP contribution in [0.4, 0.5) is 13.2 Å². The summed E-state index contributed by atoms with van der Waals surface area (Å²) in [5.41, 5.74) is 5.54. The van der Waals surface area contributed by atoms with E-state index in [2.05, 4.69) is 4.90 Å². The predicted octanol–water partition coefficient (Wildman–Crippen LogP) is 1.31. The third kappa shape index (κ3) is 5.95. The van der Waals surface area contributed by atoms with Crippen LogP contribution in [0.1, 0.15) is 20.3 Å². The standard InChI is InChI=1S/C13H26F3N3O/c1-12(2,20-3)8-11(9-17)19-6-4-18(5-7-19)10-13(14,15)16/h11H,4-10,17H2,1-3H3. The monoisotopic (exact) mass is 297 g/mol. The second kappa shape index (κ2) is 7.06. The number of alkyl halides is 3. The molecule has 20 heavy (non-hydrogen) atoms. The summed E-state index contributed by atoms with van der Waals surface area (Å²) < 4.78 is 42.4. The van der Waals surface area contributed by atoms with Gasteiger partial charge in [-0.3, -0.25) is 9.80 Å². The molecular formula is C13H26F3N3O. The quantitative estimate of drug-likeness (QED) is 0.802. The molecule has 1 unspecified atom stereocenters. The van der Waals surface area contributed by atoms with E-state index in [4.69, 9.17) is 10.5 Å². The van der Waals surface area contributed by atoms with Gasteiger partial charge in [-0.25, -0.2) is 0 Å². The van der Waals surface area contributed by atoms with Crippen molar-refractivity contribution in [1.29, 1.82) is 0 Å². The summed E-state index contributed by atoms with van der Waals surface area (Å²) >= 11 is 0. The third-order valence-electron chi connectivity index (χ3n) is 3.88. The molecule has 0 spiro atoms. The zero-order chi connectivity index (χ0) is 15.4. The molecule has 0 aromatic heterocycles. The van der Waals surface area contributed by atoms with E-state index >= 15 is 0 Å². The lowest BCUT2D eigenvalue weighted by molar-refractivity contribution is -0.150. The molecule has 120 valence electrons. The molecule has 0 aromatic rings. The highest BCUT2D eigenvalue weighted by Crippen LogP contribution is 2.21. The molecule has 1 heterocycles. The highest BCUT2D eigenvalue weighted by molar-refractivity contribution is 4.85. The van der Waals surface area contributed by atoms with Crippen LogP contribution in [0.25, 0.3) is 0 Å². The fourth-order valence-corrected chi connectivity index (χ4v) is 2.55. The highest BCUT2D eigenvalue weighted by Gasteiger charge is 2.34. The summed E-state index contributed by atoms with van der Waals surface area (Å²) in [7, 11) is 1.66. The molecule has 0 amide bonds. The Morgan fingerprint density at radius 3 is 2.10 bits per heavy atom. The molecule has 1 fully saturated rings. The Bertz CT molecular complexity index is 289. The maximum atomic E-state index is 12.3. The first-order valence-electron chi connectivity index (χ1n) is 6.95. The van der Waals surface area contributed by atoms with Crippen molar-refractivity contribution in [1.82, 2.24) is 9.80 Å². The second-order valence-electron chi connectivity index (χ2n) is 5.98. The first-order valence-corrected chi connectivity index (χ1v) is 6.95. The fourth-order valence-electron chi connectivity index (χ4n) is 2.55. The lowest BCUT2D eigenvalue weighted by Gasteiger charge is -2.41. The van der Waals surface area contributed by atoms with E-state index in [-0.39, 0.29) is 11.6 Å². The number of methoxy groups -OCH3 is 1. The molecule has 0 radical (unpaired) electrons. The van der Waals surface area contributed by atoms with E-state index in [0.717, 1.165) is 6.42 Å². The summed E-state index contributed by atoms with van der Waals surface area (Å²) in [4.78, 5) is 3.62. The maximum Gasteiger partial charge on any atom is 0.401 e. The predicted molar refractivity (Wildman–Crippen MR) is 72.6 cm³/mol. The van der Waals surface area contributed by atoms with E-state index < -0.39 is 12.7 Å². The van der Waals surface area contributed by atoms with E-state index in [0.29, 0.717) is 32.7 Å². The van der Waals surface area contributed by atoms with Crippen LogP contribution in [0.3, 0.4) is 0 Å². The number of halogens is 3. The highest BCUT2D eigenvalue weighted by atomic mass is 19.4. The topological polar surface area (TPSA) is 41.7 Å². The van der Waals surface area contributed by atoms with E-state index in [9.17, 15) is 13.2 Å². The van der Waals surface area contributed by atoms with Crippen molar-refractivity contribution in [3.05, 3.63) is 0 Å². The Morgan fingerprint density at radius 2 is 1.70 bits per heavy atom. The largest absolute Gasteiger partial charge is 0.401 e. The molecule has 1 atom stereocenters. The number of hydrogen-bond acceptors (Lipinski definition) is 4. The molecule has 7 heteroatoms. The summed E-state index contributed by atoms with van der Waals surface area (Å²) in [5, 5.41) is 0. The Kier molecular flexibility index (Phi) is 6.25. The van der Waals surface area contributed by atoms with Gasteiger partial charge in [0.05, 0.1) is 12.1 Å². The number of nitrogens with two attached hydrogens (primary N) is 1. The minimum atomic E-state index is -4.12. The minimum absolute atomic E-state index is 0.151. The van der Waals surface area contributed by atoms with Crippen LogP contribution >= 0.6 is 0 Å². The van der Waals surface area contributed by atoms with Gasteiger partial charge >= 0.3 is 6.18 Å². The number of nitrogens with zero attached hydrogens (tertiary/aromatic N) is 2. The van der Waals surface area contributed by atoms with E-state index in [1.54, 1.807) is 7.11 Å². The maximum absolute atomic E-state index is 12.3. The van der Waals surface area contributed by atoms with Crippen LogP contribution < -0.4 is 5.73 Å². The molecule has 0 aromatic carbocycles. The summed E-state index contributed by atoms with van der Waals surface area (Å²) in [6, 6.07) is 0.151. The molecule has 0 bridgehead atoms. The van der Waals surface area contributed by atoms with Crippen molar-refractivity contribution in [2.45, 2.75) is 38.1 Å². The Morgan fingerprint density at radius 1 is 1.15 bits per heavy atom. The molecule has 1 aliphatic heterocycles. The third-order valence-corrected chi connectivity index (χ3v) is 3.88. The van der Waals surface area contributed by atoms with Gasteiger partial charge < -0.3 is 10.5 Å². The minimum Gasteiger partial charge on any atom is -0.379 e. The molecule has 0 aliphatic carbocycles.